The standard InChI is InChI=1S/C17H22N2S/c1-2-20-16-14(1)6-15(19-16)10-18-17-7-11-3-12(8-17)5-13(4-11)9-17/h1-2,6,11-13,18-19H,3-5,7-10H2. The lowest BCUT2D eigenvalue weighted by molar-refractivity contribution is -0.0207. The van der Waals surface area contributed by atoms with Crippen molar-refractivity contribution in [1.82, 2.24) is 10.3 Å². The molecule has 20 heavy (non-hydrogen) atoms. The van der Waals surface area contributed by atoms with E-state index < -0.39 is 0 Å². The number of hydrogen-bond acceptors (Lipinski definition) is 2. The Balaban J connectivity index is 1.35. The highest BCUT2D eigenvalue weighted by molar-refractivity contribution is 7.16. The second-order valence-electron chi connectivity index (χ2n) is 7.55. The van der Waals surface area contributed by atoms with E-state index in [-0.39, 0.29) is 0 Å². The van der Waals surface area contributed by atoms with E-state index in [1.807, 2.05) is 11.3 Å². The maximum absolute atomic E-state index is 3.97. The summed E-state index contributed by atoms with van der Waals surface area (Å²) in [6.07, 6.45) is 8.90. The van der Waals surface area contributed by atoms with Crippen molar-refractivity contribution in [2.45, 2.75) is 50.6 Å². The maximum Gasteiger partial charge on any atom is 0.0999 e. The van der Waals surface area contributed by atoms with Gasteiger partial charge < -0.3 is 10.3 Å². The second-order valence-corrected chi connectivity index (χ2v) is 8.47. The van der Waals surface area contributed by atoms with Crippen molar-refractivity contribution < 1.29 is 0 Å². The zero-order chi connectivity index (χ0) is 13.2. The van der Waals surface area contributed by atoms with Gasteiger partial charge in [-0.15, -0.1) is 11.3 Å². The van der Waals surface area contributed by atoms with E-state index in [4.69, 9.17) is 0 Å². The van der Waals surface area contributed by atoms with Gasteiger partial charge in [-0.05, 0) is 73.8 Å². The number of aromatic amines is 1. The smallest absolute Gasteiger partial charge is 0.0999 e. The van der Waals surface area contributed by atoms with Crippen LogP contribution >= 0.6 is 11.3 Å². The van der Waals surface area contributed by atoms with Crippen molar-refractivity contribution in [1.29, 1.82) is 0 Å². The molecule has 0 aliphatic heterocycles. The first kappa shape index (κ1) is 11.8. The average molecular weight is 286 g/mol. The van der Waals surface area contributed by atoms with Gasteiger partial charge in [0.15, 0.2) is 0 Å². The number of fused-ring (bicyclic) bond motifs is 1. The lowest BCUT2D eigenvalue weighted by atomic mass is 9.53. The molecular formula is C17H22N2S. The Labute approximate surface area is 124 Å². The van der Waals surface area contributed by atoms with E-state index >= 15 is 0 Å². The summed E-state index contributed by atoms with van der Waals surface area (Å²) >= 11 is 1.81. The lowest BCUT2D eigenvalue weighted by Gasteiger charge is -2.57. The van der Waals surface area contributed by atoms with E-state index in [0.717, 1.165) is 24.3 Å². The molecular weight excluding hydrogens is 264 g/mol. The van der Waals surface area contributed by atoms with Crippen molar-refractivity contribution in [3.8, 4) is 0 Å². The van der Waals surface area contributed by atoms with Crippen LogP contribution in [0.15, 0.2) is 17.5 Å². The molecule has 4 saturated carbocycles. The minimum absolute atomic E-state index is 0.479. The number of rotatable bonds is 3. The molecule has 2 aromatic heterocycles. The van der Waals surface area contributed by atoms with Gasteiger partial charge in [-0.1, -0.05) is 0 Å². The molecule has 4 aliphatic rings. The van der Waals surface area contributed by atoms with E-state index in [1.165, 1.54) is 54.4 Å². The van der Waals surface area contributed by atoms with Gasteiger partial charge in [-0.25, -0.2) is 0 Å². The fraction of sp³-hybridized carbons (Fsp3) is 0.647. The zero-order valence-electron chi connectivity index (χ0n) is 11.8. The van der Waals surface area contributed by atoms with Crippen LogP contribution in [0.2, 0.25) is 0 Å². The molecule has 0 unspecified atom stereocenters. The minimum Gasteiger partial charge on any atom is -0.349 e. The number of nitrogens with one attached hydrogen (secondary N) is 2. The van der Waals surface area contributed by atoms with E-state index in [2.05, 4.69) is 27.8 Å². The molecule has 0 saturated heterocycles. The predicted octanol–water partition coefficient (Wildman–Crippen LogP) is 4.29. The first-order chi connectivity index (χ1) is 9.78. The molecule has 4 fully saturated rings. The van der Waals surface area contributed by atoms with Gasteiger partial charge >= 0.3 is 0 Å². The van der Waals surface area contributed by atoms with Crippen LogP contribution in [0.4, 0.5) is 0 Å². The van der Waals surface area contributed by atoms with Crippen LogP contribution in [0.25, 0.3) is 10.2 Å². The van der Waals surface area contributed by atoms with Crippen molar-refractivity contribution in [2.24, 2.45) is 17.8 Å². The third-order valence-electron chi connectivity index (χ3n) is 5.99. The largest absolute Gasteiger partial charge is 0.349 e. The lowest BCUT2D eigenvalue weighted by Crippen LogP contribution is -2.58. The third-order valence-corrected chi connectivity index (χ3v) is 6.84. The molecule has 4 bridgehead atoms. The van der Waals surface area contributed by atoms with Crippen LogP contribution in [0, 0.1) is 17.8 Å². The molecule has 0 spiro atoms. The summed E-state index contributed by atoms with van der Waals surface area (Å²) in [5.74, 6) is 3.09. The molecule has 4 aliphatic carbocycles. The van der Waals surface area contributed by atoms with Crippen LogP contribution in [0.1, 0.15) is 44.2 Å². The quantitative estimate of drug-likeness (QED) is 0.865. The van der Waals surface area contributed by atoms with Gasteiger partial charge in [0.05, 0.1) is 4.83 Å². The van der Waals surface area contributed by atoms with Crippen molar-refractivity contribution in [3.05, 3.63) is 23.2 Å². The van der Waals surface area contributed by atoms with E-state index in [9.17, 15) is 0 Å². The van der Waals surface area contributed by atoms with Crippen molar-refractivity contribution >= 4 is 21.6 Å². The Morgan fingerprint density at radius 3 is 2.50 bits per heavy atom. The predicted molar refractivity (Wildman–Crippen MR) is 83.9 cm³/mol. The summed E-state index contributed by atoms with van der Waals surface area (Å²) in [7, 11) is 0. The van der Waals surface area contributed by atoms with Gasteiger partial charge in [0.25, 0.3) is 0 Å². The van der Waals surface area contributed by atoms with Gasteiger partial charge in [0, 0.05) is 23.2 Å². The third kappa shape index (κ3) is 1.79. The summed E-state index contributed by atoms with van der Waals surface area (Å²) in [5, 5.41) is 7.50. The van der Waals surface area contributed by atoms with Gasteiger partial charge in [0.2, 0.25) is 0 Å². The Hall–Kier alpha value is -0.800. The number of hydrogen-bond donors (Lipinski definition) is 2. The van der Waals surface area contributed by atoms with Crippen LogP contribution < -0.4 is 5.32 Å². The Morgan fingerprint density at radius 2 is 1.85 bits per heavy atom. The molecule has 0 aromatic carbocycles. The van der Waals surface area contributed by atoms with Crippen LogP contribution in [0.3, 0.4) is 0 Å². The molecule has 0 amide bonds. The van der Waals surface area contributed by atoms with Gasteiger partial charge in [-0.2, -0.15) is 0 Å². The van der Waals surface area contributed by atoms with Crippen molar-refractivity contribution in [3.63, 3.8) is 0 Å². The summed E-state index contributed by atoms with van der Waals surface area (Å²) < 4.78 is 0. The molecule has 2 heterocycles. The Bertz CT molecular complexity index is 574. The van der Waals surface area contributed by atoms with E-state index in [1.54, 1.807) is 0 Å². The molecule has 2 aromatic rings. The summed E-state index contributed by atoms with van der Waals surface area (Å²) in [6, 6.07) is 4.53. The van der Waals surface area contributed by atoms with Crippen LogP contribution in [0.5, 0.6) is 0 Å². The Kier molecular flexibility index (Phi) is 2.43. The monoisotopic (exact) mass is 286 g/mol. The van der Waals surface area contributed by atoms with Crippen molar-refractivity contribution in [2.75, 3.05) is 0 Å². The summed E-state index contributed by atoms with van der Waals surface area (Å²) in [4.78, 5) is 4.89. The zero-order valence-corrected chi connectivity index (χ0v) is 12.6. The van der Waals surface area contributed by atoms with E-state index in [0.29, 0.717) is 5.54 Å². The number of thiophene rings is 1. The molecule has 3 heteroatoms. The fourth-order valence-electron chi connectivity index (χ4n) is 5.61. The molecule has 6 rings (SSSR count). The topological polar surface area (TPSA) is 27.8 Å². The molecule has 2 nitrogen and oxygen atoms in total. The average Bonchev–Trinajstić information content (AvgIpc) is 2.95. The highest BCUT2D eigenvalue weighted by Gasteiger charge is 2.50. The molecule has 2 N–H and O–H groups in total. The molecule has 106 valence electrons. The Morgan fingerprint density at radius 1 is 1.15 bits per heavy atom. The van der Waals surface area contributed by atoms with Crippen LogP contribution in [-0.2, 0) is 6.54 Å². The number of H-pyrrole nitrogens is 1. The molecule has 0 radical (unpaired) electrons. The van der Waals surface area contributed by atoms with Gasteiger partial charge in [-0.3, -0.25) is 0 Å². The fourth-order valence-corrected chi connectivity index (χ4v) is 6.41. The molecule has 0 atom stereocenters. The first-order valence-corrected chi connectivity index (χ1v) is 8.96. The summed E-state index contributed by atoms with van der Waals surface area (Å²) in [6.45, 7) is 1.02. The van der Waals surface area contributed by atoms with Crippen LogP contribution in [-0.4, -0.2) is 10.5 Å². The summed E-state index contributed by atoms with van der Waals surface area (Å²) in [5.41, 5.74) is 1.84. The normalized spacial score (nSPS) is 38.9. The number of aromatic nitrogens is 1. The maximum atomic E-state index is 3.97. The second kappa shape index (κ2) is 4.11. The first-order valence-electron chi connectivity index (χ1n) is 8.08. The highest BCUT2D eigenvalue weighted by Crippen LogP contribution is 2.55. The SMILES string of the molecule is c1cc2cc(CNC34CC5CC(CC(C5)C3)C4)[nH]c2s1. The minimum atomic E-state index is 0.479. The van der Waals surface area contributed by atoms with Gasteiger partial charge in [0.1, 0.15) is 0 Å². The highest BCUT2D eigenvalue weighted by atomic mass is 32.1.